The third kappa shape index (κ3) is 4.38. The minimum Gasteiger partial charge on any atom is -0.310 e. The lowest BCUT2D eigenvalue weighted by Gasteiger charge is -2.26. The molecule has 0 aliphatic rings. The predicted octanol–water partition coefficient (Wildman–Crippen LogP) is 11.3. The van der Waals surface area contributed by atoms with Gasteiger partial charge in [0, 0.05) is 48.6 Å². The maximum atomic E-state index is 6.57. The van der Waals surface area contributed by atoms with Crippen LogP contribution in [0.5, 0.6) is 0 Å². The molecule has 1 aromatic heterocycles. The number of rotatable bonds is 5. The Labute approximate surface area is 246 Å². The topological polar surface area (TPSA) is 8.17 Å². The number of anilines is 3. The first kappa shape index (κ1) is 24.7. The summed E-state index contributed by atoms with van der Waals surface area (Å²) in [5.74, 6) is 0. The van der Waals surface area contributed by atoms with E-state index in [0.29, 0.717) is 0 Å². The highest BCUT2D eigenvalue weighted by molar-refractivity contribution is 9.10. The zero-order valence-corrected chi connectivity index (χ0v) is 23.8. The Balaban J connectivity index is 1.39. The lowest BCUT2D eigenvalue weighted by Crippen LogP contribution is -2.09. The summed E-state index contributed by atoms with van der Waals surface area (Å²) < 4.78 is 3.31. The van der Waals surface area contributed by atoms with E-state index in [4.69, 9.17) is 11.6 Å². The van der Waals surface area contributed by atoms with E-state index in [9.17, 15) is 0 Å². The largest absolute Gasteiger partial charge is 0.310 e. The molecule has 0 saturated heterocycles. The molecule has 7 rings (SSSR count). The molecule has 7 aromatic rings. The second-order valence-electron chi connectivity index (χ2n) is 9.73. The molecule has 0 N–H and O–H groups in total. The second kappa shape index (κ2) is 10.3. The van der Waals surface area contributed by atoms with E-state index in [2.05, 4.69) is 153 Å². The van der Waals surface area contributed by atoms with Crippen LogP contribution in [-0.2, 0) is 0 Å². The number of benzene rings is 6. The Morgan fingerprint density at radius 1 is 0.525 bits per heavy atom. The summed E-state index contributed by atoms with van der Waals surface area (Å²) in [6, 6.07) is 51.1. The standard InChI is InChI=1S/C36H24BrClN2/c37-26-17-21-31(34(38)23-26)25-15-18-29(19-16-25)39(27-9-3-1-4-10-27)30-20-22-36-33(24-30)32-13-7-8-14-35(32)40(36)28-11-5-2-6-12-28/h1-24H. The van der Waals surface area contributed by atoms with Gasteiger partial charge in [0.1, 0.15) is 0 Å². The molecule has 0 saturated carbocycles. The van der Waals surface area contributed by atoms with Crippen LogP contribution in [0.25, 0.3) is 38.6 Å². The molecule has 0 amide bonds. The monoisotopic (exact) mass is 598 g/mol. The fraction of sp³-hybridized carbons (Fsp3) is 0. The number of aromatic nitrogens is 1. The molecule has 4 heteroatoms. The molecule has 0 fully saturated rings. The molecule has 192 valence electrons. The van der Waals surface area contributed by atoms with Crippen molar-refractivity contribution in [2.75, 3.05) is 4.90 Å². The van der Waals surface area contributed by atoms with Gasteiger partial charge < -0.3 is 9.47 Å². The Bertz CT molecular complexity index is 1960. The van der Waals surface area contributed by atoms with Crippen LogP contribution < -0.4 is 4.90 Å². The van der Waals surface area contributed by atoms with Gasteiger partial charge in [0.2, 0.25) is 0 Å². The summed E-state index contributed by atoms with van der Waals surface area (Å²) in [4.78, 5) is 2.31. The van der Waals surface area contributed by atoms with E-state index in [0.717, 1.165) is 43.4 Å². The van der Waals surface area contributed by atoms with E-state index >= 15 is 0 Å². The van der Waals surface area contributed by atoms with E-state index in [-0.39, 0.29) is 0 Å². The average Bonchev–Trinajstić information content (AvgIpc) is 3.33. The molecular weight excluding hydrogens is 576 g/mol. The van der Waals surface area contributed by atoms with Crippen molar-refractivity contribution in [3.63, 3.8) is 0 Å². The van der Waals surface area contributed by atoms with Gasteiger partial charge in [-0.3, -0.25) is 0 Å². The molecule has 2 nitrogen and oxygen atoms in total. The lowest BCUT2D eigenvalue weighted by molar-refractivity contribution is 1.18. The fourth-order valence-electron chi connectivity index (χ4n) is 5.49. The van der Waals surface area contributed by atoms with Crippen molar-refractivity contribution in [1.82, 2.24) is 4.57 Å². The summed E-state index contributed by atoms with van der Waals surface area (Å²) in [5.41, 5.74) is 8.91. The first-order chi connectivity index (χ1) is 19.7. The second-order valence-corrected chi connectivity index (χ2v) is 11.1. The summed E-state index contributed by atoms with van der Waals surface area (Å²) in [7, 11) is 0. The van der Waals surface area contributed by atoms with Gasteiger partial charge in [0.15, 0.2) is 0 Å². The zero-order valence-electron chi connectivity index (χ0n) is 21.5. The van der Waals surface area contributed by atoms with Crippen molar-refractivity contribution in [1.29, 1.82) is 0 Å². The van der Waals surface area contributed by atoms with E-state index < -0.39 is 0 Å². The SMILES string of the molecule is Clc1cc(Br)ccc1-c1ccc(N(c2ccccc2)c2ccc3c(c2)c2ccccc2n3-c2ccccc2)cc1. The number of halogens is 2. The van der Waals surface area contributed by atoms with Crippen molar-refractivity contribution < 1.29 is 0 Å². The third-order valence-corrected chi connectivity index (χ3v) is 8.12. The van der Waals surface area contributed by atoms with Gasteiger partial charge in [-0.15, -0.1) is 0 Å². The Kier molecular flexibility index (Phi) is 6.39. The van der Waals surface area contributed by atoms with Crippen LogP contribution in [0.3, 0.4) is 0 Å². The molecule has 0 bridgehead atoms. The molecular formula is C36H24BrClN2. The van der Waals surface area contributed by atoms with Crippen LogP contribution in [0.4, 0.5) is 17.1 Å². The van der Waals surface area contributed by atoms with Crippen molar-refractivity contribution in [2.45, 2.75) is 0 Å². The van der Waals surface area contributed by atoms with Gasteiger partial charge in [-0.2, -0.15) is 0 Å². The Morgan fingerprint density at radius 3 is 1.90 bits per heavy atom. The summed E-state index contributed by atoms with van der Waals surface area (Å²) in [6.45, 7) is 0. The van der Waals surface area contributed by atoms with Crippen molar-refractivity contribution >= 4 is 66.4 Å². The first-order valence-corrected chi connectivity index (χ1v) is 14.3. The van der Waals surface area contributed by atoms with Gasteiger partial charge in [-0.1, -0.05) is 100 Å². The average molecular weight is 600 g/mol. The van der Waals surface area contributed by atoms with Gasteiger partial charge in [-0.25, -0.2) is 0 Å². The number of nitrogens with zero attached hydrogens (tertiary/aromatic N) is 2. The van der Waals surface area contributed by atoms with Crippen LogP contribution in [0.1, 0.15) is 0 Å². The molecule has 0 aliphatic heterocycles. The molecule has 0 radical (unpaired) electrons. The Hall–Kier alpha value is -4.31. The summed E-state index contributed by atoms with van der Waals surface area (Å²) in [6.07, 6.45) is 0. The molecule has 0 unspecified atom stereocenters. The minimum atomic E-state index is 0.724. The number of hydrogen-bond donors (Lipinski definition) is 0. The van der Waals surface area contributed by atoms with Crippen LogP contribution >= 0.6 is 27.5 Å². The van der Waals surface area contributed by atoms with Crippen molar-refractivity contribution in [2.24, 2.45) is 0 Å². The number of hydrogen-bond acceptors (Lipinski definition) is 1. The first-order valence-electron chi connectivity index (χ1n) is 13.2. The molecule has 0 atom stereocenters. The van der Waals surface area contributed by atoms with Crippen LogP contribution in [0.2, 0.25) is 5.02 Å². The molecule has 40 heavy (non-hydrogen) atoms. The third-order valence-electron chi connectivity index (χ3n) is 7.31. The highest BCUT2D eigenvalue weighted by Gasteiger charge is 2.17. The van der Waals surface area contributed by atoms with Crippen molar-refractivity contribution in [3.05, 3.63) is 155 Å². The maximum absolute atomic E-state index is 6.57. The van der Waals surface area contributed by atoms with E-state index in [1.165, 1.54) is 21.8 Å². The fourth-order valence-corrected chi connectivity index (χ4v) is 6.28. The molecule has 0 spiro atoms. The smallest absolute Gasteiger partial charge is 0.0542 e. The predicted molar refractivity (Wildman–Crippen MR) is 174 cm³/mol. The van der Waals surface area contributed by atoms with E-state index in [1.807, 2.05) is 18.2 Å². The van der Waals surface area contributed by atoms with Crippen LogP contribution in [0, 0.1) is 0 Å². The van der Waals surface area contributed by atoms with Gasteiger partial charge in [0.25, 0.3) is 0 Å². The van der Waals surface area contributed by atoms with Crippen LogP contribution in [-0.4, -0.2) is 4.57 Å². The quantitative estimate of drug-likeness (QED) is 0.191. The highest BCUT2D eigenvalue weighted by Crippen LogP contribution is 2.40. The van der Waals surface area contributed by atoms with E-state index in [1.54, 1.807) is 0 Å². The summed E-state index contributed by atoms with van der Waals surface area (Å²) >= 11 is 10.1. The maximum Gasteiger partial charge on any atom is 0.0542 e. The molecule has 1 heterocycles. The van der Waals surface area contributed by atoms with Gasteiger partial charge in [0.05, 0.1) is 11.0 Å². The van der Waals surface area contributed by atoms with Crippen LogP contribution in [0.15, 0.2) is 150 Å². The minimum absolute atomic E-state index is 0.724. The normalized spacial score (nSPS) is 11.2. The van der Waals surface area contributed by atoms with Gasteiger partial charge in [-0.05, 0) is 78.4 Å². The Morgan fingerprint density at radius 2 is 1.15 bits per heavy atom. The number of fused-ring (bicyclic) bond motifs is 3. The zero-order chi connectivity index (χ0) is 27.1. The summed E-state index contributed by atoms with van der Waals surface area (Å²) in [5, 5.41) is 3.18. The molecule has 0 aliphatic carbocycles. The molecule has 6 aromatic carbocycles. The lowest BCUT2D eigenvalue weighted by atomic mass is 10.0. The van der Waals surface area contributed by atoms with Gasteiger partial charge >= 0.3 is 0 Å². The van der Waals surface area contributed by atoms with Crippen molar-refractivity contribution in [3.8, 4) is 16.8 Å². The number of para-hydroxylation sites is 3. The highest BCUT2D eigenvalue weighted by atomic mass is 79.9.